The Bertz CT molecular complexity index is 697. The maximum Gasteiger partial charge on any atom is 0.193 e. The van der Waals surface area contributed by atoms with Gasteiger partial charge in [0.1, 0.15) is 0 Å². The van der Waals surface area contributed by atoms with Crippen LogP contribution in [0.5, 0.6) is 0 Å². The van der Waals surface area contributed by atoms with Crippen molar-refractivity contribution in [3.8, 4) is 0 Å². The SMILES string of the molecule is O=C(c1ccc(CN2CCSCC2)cc1)c1ccc(F)c(F)c1. The average molecular weight is 333 g/mol. The number of carbonyl (C=O) groups is 1. The number of thioether (sulfide) groups is 1. The van der Waals surface area contributed by atoms with E-state index >= 15 is 0 Å². The molecular formula is C18H17F2NOS. The Kier molecular flexibility index (Phi) is 5.08. The zero-order valence-electron chi connectivity index (χ0n) is 12.6. The van der Waals surface area contributed by atoms with E-state index in [1.807, 2.05) is 23.9 Å². The van der Waals surface area contributed by atoms with Crippen molar-refractivity contribution >= 4 is 17.5 Å². The van der Waals surface area contributed by atoms with E-state index in [1.54, 1.807) is 12.1 Å². The van der Waals surface area contributed by atoms with Gasteiger partial charge in [-0.15, -0.1) is 0 Å². The highest BCUT2D eigenvalue weighted by molar-refractivity contribution is 7.99. The molecule has 120 valence electrons. The molecule has 0 aromatic heterocycles. The summed E-state index contributed by atoms with van der Waals surface area (Å²) in [5.41, 5.74) is 1.79. The predicted octanol–water partition coefficient (Wildman–Crippen LogP) is 3.74. The largest absolute Gasteiger partial charge is 0.297 e. The van der Waals surface area contributed by atoms with E-state index in [-0.39, 0.29) is 11.3 Å². The summed E-state index contributed by atoms with van der Waals surface area (Å²) < 4.78 is 26.2. The molecule has 23 heavy (non-hydrogen) atoms. The van der Waals surface area contributed by atoms with Crippen LogP contribution in [0.15, 0.2) is 42.5 Å². The second-order valence-electron chi connectivity index (χ2n) is 5.54. The number of nitrogens with zero attached hydrogens (tertiary/aromatic N) is 1. The fraction of sp³-hybridized carbons (Fsp3) is 0.278. The van der Waals surface area contributed by atoms with E-state index in [0.29, 0.717) is 5.56 Å². The van der Waals surface area contributed by atoms with Gasteiger partial charge in [0.05, 0.1) is 0 Å². The van der Waals surface area contributed by atoms with Gasteiger partial charge in [0.15, 0.2) is 17.4 Å². The number of benzene rings is 2. The summed E-state index contributed by atoms with van der Waals surface area (Å²) in [6.07, 6.45) is 0. The van der Waals surface area contributed by atoms with E-state index in [0.717, 1.165) is 48.8 Å². The van der Waals surface area contributed by atoms with Crippen molar-refractivity contribution in [3.05, 3.63) is 70.8 Å². The minimum atomic E-state index is -1.00. The first-order valence-corrected chi connectivity index (χ1v) is 8.68. The molecule has 0 saturated carbocycles. The summed E-state index contributed by atoms with van der Waals surface area (Å²) in [4.78, 5) is 14.7. The van der Waals surface area contributed by atoms with Gasteiger partial charge in [-0.2, -0.15) is 11.8 Å². The molecule has 1 saturated heterocycles. The van der Waals surface area contributed by atoms with E-state index in [9.17, 15) is 13.6 Å². The lowest BCUT2D eigenvalue weighted by Gasteiger charge is -2.26. The van der Waals surface area contributed by atoms with E-state index in [4.69, 9.17) is 0 Å². The standard InChI is InChI=1S/C18H17F2NOS/c19-16-6-5-15(11-17(16)20)18(22)14-3-1-13(2-4-14)12-21-7-9-23-10-8-21/h1-6,11H,7-10,12H2. The Hall–Kier alpha value is -1.72. The van der Waals surface area contributed by atoms with Crippen LogP contribution in [0.4, 0.5) is 8.78 Å². The van der Waals surface area contributed by atoms with Crippen LogP contribution in [0.3, 0.4) is 0 Å². The van der Waals surface area contributed by atoms with Gasteiger partial charge in [-0.05, 0) is 23.8 Å². The quantitative estimate of drug-likeness (QED) is 0.795. The molecule has 0 unspecified atom stereocenters. The van der Waals surface area contributed by atoms with Crippen LogP contribution in [0.1, 0.15) is 21.5 Å². The van der Waals surface area contributed by atoms with Crippen LogP contribution in [0, 0.1) is 11.6 Å². The van der Waals surface area contributed by atoms with Crippen molar-refractivity contribution in [1.82, 2.24) is 4.90 Å². The van der Waals surface area contributed by atoms with Crippen LogP contribution in [0.25, 0.3) is 0 Å². The highest BCUT2D eigenvalue weighted by atomic mass is 32.2. The normalized spacial score (nSPS) is 15.6. The van der Waals surface area contributed by atoms with Gasteiger partial charge in [-0.1, -0.05) is 24.3 Å². The molecule has 0 radical (unpaired) electrons. The molecule has 0 aliphatic carbocycles. The summed E-state index contributed by atoms with van der Waals surface area (Å²) in [5.74, 6) is 0.0659. The zero-order chi connectivity index (χ0) is 16.2. The lowest BCUT2D eigenvalue weighted by molar-refractivity contribution is 0.103. The molecule has 1 aliphatic rings. The molecule has 1 heterocycles. The van der Waals surface area contributed by atoms with Crippen LogP contribution >= 0.6 is 11.8 Å². The van der Waals surface area contributed by atoms with Gasteiger partial charge in [-0.3, -0.25) is 9.69 Å². The average Bonchev–Trinajstić information content (AvgIpc) is 2.58. The first-order valence-electron chi connectivity index (χ1n) is 7.52. The van der Waals surface area contributed by atoms with Crippen molar-refractivity contribution in [2.45, 2.75) is 6.54 Å². The Labute approximate surface area is 138 Å². The molecule has 2 aromatic rings. The molecule has 0 bridgehead atoms. The van der Waals surface area contributed by atoms with Gasteiger partial charge in [-0.25, -0.2) is 8.78 Å². The summed E-state index contributed by atoms with van der Waals surface area (Å²) in [6, 6.07) is 10.6. The third kappa shape index (κ3) is 3.98. The fourth-order valence-corrected chi connectivity index (χ4v) is 3.56. The molecule has 0 amide bonds. The molecule has 0 spiro atoms. The maximum atomic E-state index is 13.2. The van der Waals surface area contributed by atoms with E-state index in [2.05, 4.69) is 4.90 Å². The van der Waals surface area contributed by atoms with Gasteiger partial charge in [0, 0.05) is 42.3 Å². The summed E-state index contributed by atoms with van der Waals surface area (Å²) in [5, 5.41) is 0. The van der Waals surface area contributed by atoms with Crippen molar-refractivity contribution < 1.29 is 13.6 Å². The summed E-state index contributed by atoms with van der Waals surface area (Å²) in [7, 11) is 0. The topological polar surface area (TPSA) is 20.3 Å². The Morgan fingerprint density at radius 3 is 2.26 bits per heavy atom. The lowest BCUT2D eigenvalue weighted by atomic mass is 10.0. The minimum absolute atomic E-state index is 0.157. The number of hydrogen-bond acceptors (Lipinski definition) is 3. The minimum Gasteiger partial charge on any atom is -0.297 e. The predicted molar refractivity (Wildman–Crippen MR) is 88.8 cm³/mol. The second kappa shape index (κ2) is 7.23. The van der Waals surface area contributed by atoms with Crippen molar-refractivity contribution in [2.24, 2.45) is 0 Å². The summed E-state index contributed by atoms with van der Waals surface area (Å²) >= 11 is 1.97. The Morgan fingerprint density at radius 1 is 0.957 bits per heavy atom. The first kappa shape index (κ1) is 16.1. The smallest absolute Gasteiger partial charge is 0.193 e. The van der Waals surface area contributed by atoms with Crippen molar-refractivity contribution in [2.75, 3.05) is 24.6 Å². The summed E-state index contributed by atoms with van der Waals surface area (Å²) in [6.45, 7) is 3.04. The van der Waals surface area contributed by atoms with Crippen LogP contribution in [0.2, 0.25) is 0 Å². The molecule has 2 nitrogen and oxygen atoms in total. The van der Waals surface area contributed by atoms with Gasteiger partial charge < -0.3 is 0 Å². The number of hydrogen-bond donors (Lipinski definition) is 0. The number of carbonyl (C=O) groups excluding carboxylic acids is 1. The van der Waals surface area contributed by atoms with Crippen LogP contribution in [-0.4, -0.2) is 35.3 Å². The number of ketones is 1. The lowest BCUT2D eigenvalue weighted by Crippen LogP contribution is -2.31. The number of halogens is 2. The molecular weight excluding hydrogens is 316 g/mol. The molecule has 3 rings (SSSR count). The second-order valence-corrected chi connectivity index (χ2v) is 6.77. The molecule has 1 aliphatic heterocycles. The maximum absolute atomic E-state index is 13.2. The van der Waals surface area contributed by atoms with Gasteiger partial charge >= 0.3 is 0 Å². The molecule has 5 heteroatoms. The third-order valence-electron chi connectivity index (χ3n) is 3.91. The molecule has 0 N–H and O–H groups in total. The molecule has 1 fully saturated rings. The Morgan fingerprint density at radius 2 is 1.61 bits per heavy atom. The highest BCUT2D eigenvalue weighted by Gasteiger charge is 2.13. The monoisotopic (exact) mass is 333 g/mol. The first-order chi connectivity index (χ1) is 11.1. The van der Waals surface area contributed by atoms with Gasteiger partial charge in [0.2, 0.25) is 0 Å². The van der Waals surface area contributed by atoms with Crippen LogP contribution in [-0.2, 0) is 6.54 Å². The Balaban J connectivity index is 1.70. The number of rotatable bonds is 4. The van der Waals surface area contributed by atoms with E-state index in [1.165, 1.54) is 6.07 Å². The van der Waals surface area contributed by atoms with Crippen molar-refractivity contribution in [1.29, 1.82) is 0 Å². The fourth-order valence-electron chi connectivity index (χ4n) is 2.58. The molecule has 2 aromatic carbocycles. The zero-order valence-corrected chi connectivity index (χ0v) is 13.4. The molecule has 0 atom stereocenters. The third-order valence-corrected chi connectivity index (χ3v) is 4.85. The van der Waals surface area contributed by atoms with E-state index < -0.39 is 11.6 Å². The van der Waals surface area contributed by atoms with Crippen LogP contribution < -0.4 is 0 Å². The highest BCUT2D eigenvalue weighted by Crippen LogP contribution is 2.16. The van der Waals surface area contributed by atoms with Gasteiger partial charge in [0.25, 0.3) is 0 Å². The van der Waals surface area contributed by atoms with Crippen molar-refractivity contribution in [3.63, 3.8) is 0 Å².